The fourth-order valence-electron chi connectivity index (χ4n) is 3.24. The molecule has 1 amide bonds. The third-order valence-corrected chi connectivity index (χ3v) is 4.53. The Labute approximate surface area is 147 Å². The Morgan fingerprint density at radius 2 is 2.08 bits per heavy atom. The number of nitrogens with one attached hydrogen (secondary N) is 1. The van der Waals surface area contributed by atoms with Crippen LogP contribution in [0.3, 0.4) is 0 Å². The van der Waals surface area contributed by atoms with Gasteiger partial charge in [0.15, 0.2) is 0 Å². The molecule has 132 valence electrons. The highest BCUT2D eigenvalue weighted by atomic mass is 16.5. The van der Waals surface area contributed by atoms with Crippen molar-refractivity contribution < 1.29 is 14.6 Å². The summed E-state index contributed by atoms with van der Waals surface area (Å²) in [5.41, 5.74) is 1.49. The van der Waals surface area contributed by atoms with Crippen molar-refractivity contribution in [1.82, 2.24) is 15.2 Å². The number of carbonyl (C=O) groups excluding carboxylic acids is 1. The predicted octanol–water partition coefficient (Wildman–Crippen LogP) is 1.31. The minimum atomic E-state index is -0.180. The van der Waals surface area contributed by atoms with Crippen LogP contribution in [0.2, 0.25) is 0 Å². The van der Waals surface area contributed by atoms with Crippen molar-refractivity contribution in [1.29, 1.82) is 0 Å². The van der Waals surface area contributed by atoms with Crippen LogP contribution in [-0.4, -0.2) is 53.7 Å². The number of aliphatic hydroxyl groups is 1. The standard InChI is InChI=1S/C19H23N3O3/c1-25-18-8-3-2-7-16(18)19(24)21-17-12-22(10-14(17)13-23)11-15-6-4-5-9-20-15/h2-9,14,17,23H,10-13H2,1H3,(H,21,24)/t14-,17+/m0/s1. The second kappa shape index (κ2) is 8.09. The van der Waals surface area contributed by atoms with Gasteiger partial charge in [0.1, 0.15) is 5.75 Å². The Morgan fingerprint density at radius 3 is 2.80 bits per heavy atom. The van der Waals surface area contributed by atoms with Gasteiger partial charge in [0, 0.05) is 44.4 Å². The maximum atomic E-state index is 12.6. The van der Waals surface area contributed by atoms with Crippen molar-refractivity contribution in [3.8, 4) is 5.75 Å². The van der Waals surface area contributed by atoms with E-state index in [1.54, 1.807) is 25.4 Å². The number of pyridine rings is 1. The molecule has 0 bridgehead atoms. The molecule has 6 heteroatoms. The number of para-hydroxylation sites is 1. The Balaban J connectivity index is 1.66. The summed E-state index contributed by atoms with van der Waals surface area (Å²) in [6, 6.07) is 12.9. The molecule has 2 atom stereocenters. The number of carbonyl (C=O) groups is 1. The quantitative estimate of drug-likeness (QED) is 0.829. The molecule has 1 saturated heterocycles. The molecule has 0 saturated carbocycles. The van der Waals surface area contributed by atoms with Crippen molar-refractivity contribution in [3.05, 3.63) is 59.9 Å². The van der Waals surface area contributed by atoms with Gasteiger partial charge in [-0.15, -0.1) is 0 Å². The molecule has 25 heavy (non-hydrogen) atoms. The molecule has 0 unspecified atom stereocenters. The summed E-state index contributed by atoms with van der Waals surface area (Å²) in [4.78, 5) is 19.1. The number of nitrogens with zero attached hydrogens (tertiary/aromatic N) is 2. The molecule has 2 aromatic rings. The van der Waals surface area contributed by atoms with Gasteiger partial charge < -0.3 is 15.2 Å². The average molecular weight is 341 g/mol. The van der Waals surface area contributed by atoms with Gasteiger partial charge in [0.2, 0.25) is 0 Å². The summed E-state index contributed by atoms with van der Waals surface area (Å²) < 4.78 is 5.26. The van der Waals surface area contributed by atoms with Gasteiger partial charge in [-0.25, -0.2) is 0 Å². The number of amides is 1. The van der Waals surface area contributed by atoms with Crippen molar-refractivity contribution in [2.45, 2.75) is 12.6 Å². The first-order chi connectivity index (χ1) is 12.2. The molecular weight excluding hydrogens is 318 g/mol. The van der Waals surface area contributed by atoms with Crippen molar-refractivity contribution in [3.63, 3.8) is 0 Å². The molecule has 1 aromatic heterocycles. The number of aromatic nitrogens is 1. The fourth-order valence-corrected chi connectivity index (χ4v) is 3.24. The molecule has 1 aromatic carbocycles. The van der Waals surface area contributed by atoms with E-state index in [1.807, 2.05) is 30.3 Å². The van der Waals surface area contributed by atoms with E-state index in [2.05, 4.69) is 15.2 Å². The van der Waals surface area contributed by atoms with Gasteiger partial charge in [-0.1, -0.05) is 18.2 Å². The number of rotatable bonds is 6. The molecule has 1 aliphatic heterocycles. The third-order valence-electron chi connectivity index (χ3n) is 4.53. The molecule has 3 rings (SSSR count). The zero-order valence-electron chi connectivity index (χ0n) is 14.3. The predicted molar refractivity (Wildman–Crippen MR) is 94.3 cm³/mol. The molecule has 1 aliphatic rings. The molecule has 2 heterocycles. The number of ether oxygens (including phenoxy) is 1. The summed E-state index contributed by atoms with van der Waals surface area (Å²) in [6.07, 6.45) is 1.77. The zero-order chi connectivity index (χ0) is 17.6. The van der Waals surface area contributed by atoms with E-state index in [0.29, 0.717) is 24.4 Å². The van der Waals surface area contributed by atoms with Crippen LogP contribution in [0.25, 0.3) is 0 Å². The Kier molecular flexibility index (Phi) is 5.63. The summed E-state index contributed by atoms with van der Waals surface area (Å²) >= 11 is 0. The molecule has 0 spiro atoms. The SMILES string of the molecule is COc1ccccc1C(=O)N[C@@H]1CN(Cc2ccccn2)C[C@H]1CO. The first-order valence-corrected chi connectivity index (χ1v) is 8.38. The minimum absolute atomic E-state index is 0.00219. The highest BCUT2D eigenvalue weighted by molar-refractivity contribution is 5.97. The number of methoxy groups -OCH3 is 1. The fraction of sp³-hybridized carbons (Fsp3) is 0.368. The summed E-state index contributed by atoms with van der Waals surface area (Å²) in [5, 5.41) is 12.7. The maximum Gasteiger partial charge on any atom is 0.255 e. The summed E-state index contributed by atoms with van der Waals surface area (Å²) in [7, 11) is 1.55. The summed E-state index contributed by atoms with van der Waals surface area (Å²) in [5.74, 6) is 0.367. The van der Waals surface area contributed by atoms with E-state index in [0.717, 1.165) is 12.2 Å². The molecule has 6 nitrogen and oxygen atoms in total. The van der Waals surface area contributed by atoms with E-state index in [4.69, 9.17) is 4.74 Å². The highest BCUT2D eigenvalue weighted by Gasteiger charge is 2.33. The lowest BCUT2D eigenvalue weighted by Crippen LogP contribution is -2.41. The minimum Gasteiger partial charge on any atom is -0.496 e. The Bertz CT molecular complexity index is 708. The van der Waals surface area contributed by atoms with Crippen molar-refractivity contribution in [2.75, 3.05) is 26.8 Å². The molecule has 0 aliphatic carbocycles. The van der Waals surface area contributed by atoms with Crippen LogP contribution < -0.4 is 10.1 Å². The normalized spacial score (nSPS) is 20.4. The van der Waals surface area contributed by atoms with Gasteiger partial charge in [-0.2, -0.15) is 0 Å². The first-order valence-electron chi connectivity index (χ1n) is 8.38. The van der Waals surface area contributed by atoms with E-state index in [-0.39, 0.29) is 24.5 Å². The van der Waals surface area contributed by atoms with E-state index in [1.165, 1.54) is 0 Å². The van der Waals surface area contributed by atoms with Crippen LogP contribution in [0.5, 0.6) is 5.75 Å². The summed E-state index contributed by atoms with van der Waals surface area (Å²) in [6.45, 7) is 2.15. The van der Waals surface area contributed by atoms with E-state index >= 15 is 0 Å². The van der Waals surface area contributed by atoms with Crippen LogP contribution in [0.1, 0.15) is 16.1 Å². The maximum absolute atomic E-state index is 12.6. The van der Waals surface area contributed by atoms with Gasteiger partial charge >= 0.3 is 0 Å². The highest BCUT2D eigenvalue weighted by Crippen LogP contribution is 2.21. The lowest BCUT2D eigenvalue weighted by Gasteiger charge is -2.19. The number of aliphatic hydroxyl groups excluding tert-OH is 1. The van der Waals surface area contributed by atoms with Crippen LogP contribution in [0, 0.1) is 5.92 Å². The van der Waals surface area contributed by atoms with Gasteiger partial charge in [-0.05, 0) is 24.3 Å². The molecular formula is C19H23N3O3. The van der Waals surface area contributed by atoms with Gasteiger partial charge in [-0.3, -0.25) is 14.7 Å². The Morgan fingerprint density at radius 1 is 1.28 bits per heavy atom. The monoisotopic (exact) mass is 341 g/mol. The topological polar surface area (TPSA) is 74.7 Å². The first kappa shape index (κ1) is 17.4. The van der Waals surface area contributed by atoms with Crippen LogP contribution in [0.15, 0.2) is 48.7 Å². The lowest BCUT2D eigenvalue weighted by molar-refractivity contribution is 0.0918. The average Bonchev–Trinajstić information content (AvgIpc) is 3.03. The van der Waals surface area contributed by atoms with Crippen molar-refractivity contribution >= 4 is 5.91 Å². The second-order valence-electron chi connectivity index (χ2n) is 6.24. The van der Waals surface area contributed by atoms with Crippen LogP contribution in [0.4, 0.5) is 0 Å². The number of benzene rings is 1. The molecule has 2 N–H and O–H groups in total. The molecule has 1 fully saturated rings. The van der Waals surface area contributed by atoms with E-state index < -0.39 is 0 Å². The number of likely N-dealkylation sites (tertiary alicyclic amines) is 1. The second-order valence-corrected chi connectivity index (χ2v) is 6.24. The van der Waals surface area contributed by atoms with Crippen molar-refractivity contribution in [2.24, 2.45) is 5.92 Å². The molecule has 0 radical (unpaired) electrons. The number of hydrogen-bond acceptors (Lipinski definition) is 5. The zero-order valence-corrected chi connectivity index (χ0v) is 14.3. The smallest absolute Gasteiger partial charge is 0.255 e. The third kappa shape index (κ3) is 4.15. The number of hydrogen-bond donors (Lipinski definition) is 2. The largest absolute Gasteiger partial charge is 0.496 e. The Hall–Kier alpha value is -2.44. The van der Waals surface area contributed by atoms with Gasteiger partial charge in [0.25, 0.3) is 5.91 Å². The van der Waals surface area contributed by atoms with Crippen LogP contribution in [-0.2, 0) is 6.54 Å². The van der Waals surface area contributed by atoms with E-state index in [9.17, 15) is 9.90 Å². The van der Waals surface area contributed by atoms with Gasteiger partial charge in [0.05, 0.1) is 18.4 Å². The lowest BCUT2D eigenvalue weighted by atomic mass is 10.0. The van der Waals surface area contributed by atoms with Crippen LogP contribution >= 0.6 is 0 Å².